The molecule has 2 aromatic rings. The Kier molecular flexibility index (Phi) is 4.18. The van der Waals surface area contributed by atoms with Crippen LogP contribution in [0.3, 0.4) is 0 Å². The summed E-state index contributed by atoms with van der Waals surface area (Å²) in [6, 6.07) is 12.3. The second-order valence-corrected chi connectivity index (χ2v) is 6.36. The van der Waals surface area contributed by atoms with Gasteiger partial charge >= 0.3 is 0 Å². The van der Waals surface area contributed by atoms with Crippen LogP contribution in [-0.4, -0.2) is 16.2 Å². The fourth-order valence-electron chi connectivity index (χ4n) is 3.02. The van der Waals surface area contributed by atoms with Crippen LogP contribution in [0.2, 0.25) is 0 Å². The number of hydrogen-bond donors (Lipinski definition) is 1. The smallest absolute Gasteiger partial charge is 0.0664 e. The Morgan fingerprint density at radius 1 is 1.25 bits per heavy atom. The lowest BCUT2D eigenvalue weighted by Crippen LogP contribution is -2.25. The van der Waals surface area contributed by atoms with Crippen molar-refractivity contribution >= 4 is 15.9 Å². The highest BCUT2D eigenvalue weighted by molar-refractivity contribution is 9.10. The summed E-state index contributed by atoms with van der Waals surface area (Å²) in [7, 11) is 0. The molecule has 0 aliphatic heterocycles. The summed E-state index contributed by atoms with van der Waals surface area (Å²) in [4.78, 5) is 4.51. The molecule has 20 heavy (non-hydrogen) atoms. The van der Waals surface area contributed by atoms with Gasteiger partial charge in [-0.3, -0.25) is 4.98 Å². The number of nitrogens with zero attached hydrogens (tertiary/aromatic N) is 1. The van der Waals surface area contributed by atoms with Crippen molar-refractivity contribution in [2.45, 2.75) is 37.7 Å². The number of halogens is 1. The SMILES string of the molecule is OC(Cc1ccc(Br)cc1)C1CCCc2cccnc21. The van der Waals surface area contributed by atoms with Crippen molar-refractivity contribution in [3.05, 3.63) is 63.9 Å². The number of rotatable bonds is 3. The first kappa shape index (κ1) is 13.8. The molecule has 0 fully saturated rings. The molecular weight excluding hydrogens is 314 g/mol. The maximum absolute atomic E-state index is 10.6. The van der Waals surface area contributed by atoms with Crippen LogP contribution in [0, 0.1) is 0 Å². The van der Waals surface area contributed by atoms with E-state index in [4.69, 9.17) is 0 Å². The Bertz CT molecular complexity index is 582. The standard InChI is InChI=1S/C17H18BrNO/c18-14-8-6-12(7-9-14)11-16(20)15-5-1-3-13-4-2-10-19-17(13)15/h2,4,6-10,15-16,20H,1,3,5,11H2. The quantitative estimate of drug-likeness (QED) is 0.926. The van der Waals surface area contributed by atoms with Gasteiger partial charge in [-0.25, -0.2) is 0 Å². The van der Waals surface area contributed by atoms with Crippen LogP contribution in [0.25, 0.3) is 0 Å². The molecule has 0 spiro atoms. The predicted molar refractivity (Wildman–Crippen MR) is 83.8 cm³/mol. The van der Waals surface area contributed by atoms with Gasteiger partial charge in [0.1, 0.15) is 0 Å². The van der Waals surface area contributed by atoms with Gasteiger partial charge < -0.3 is 5.11 Å². The van der Waals surface area contributed by atoms with Crippen molar-refractivity contribution in [1.29, 1.82) is 0 Å². The van der Waals surface area contributed by atoms with E-state index in [0.717, 1.165) is 29.4 Å². The van der Waals surface area contributed by atoms with Crippen LogP contribution in [0.4, 0.5) is 0 Å². The Labute approximate surface area is 128 Å². The van der Waals surface area contributed by atoms with E-state index in [1.165, 1.54) is 11.1 Å². The molecular formula is C17H18BrNO. The van der Waals surface area contributed by atoms with Crippen molar-refractivity contribution in [1.82, 2.24) is 4.98 Å². The van der Waals surface area contributed by atoms with Gasteiger partial charge in [-0.2, -0.15) is 0 Å². The summed E-state index contributed by atoms with van der Waals surface area (Å²) >= 11 is 3.44. The van der Waals surface area contributed by atoms with Crippen LogP contribution < -0.4 is 0 Å². The van der Waals surface area contributed by atoms with Crippen LogP contribution in [0.5, 0.6) is 0 Å². The zero-order valence-corrected chi connectivity index (χ0v) is 12.9. The fourth-order valence-corrected chi connectivity index (χ4v) is 3.29. The van der Waals surface area contributed by atoms with Crippen LogP contribution in [0.1, 0.15) is 35.6 Å². The summed E-state index contributed by atoms with van der Waals surface area (Å²) < 4.78 is 1.07. The van der Waals surface area contributed by atoms with E-state index < -0.39 is 0 Å². The second-order valence-electron chi connectivity index (χ2n) is 5.44. The van der Waals surface area contributed by atoms with Crippen LogP contribution in [-0.2, 0) is 12.8 Å². The molecule has 2 nitrogen and oxygen atoms in total. The van der Waals surface area contributed by atoms with E-state index in [0.29, 0.717) is 6.42 Å². The maximum Gasteiger partial charge on any atom is 0.0664 e. The molecule has 0 saturated heterocycles. The summed E-state index contributed by atoms with van der Waals surface area (Å²) in [6.45, 7) is 0. The largest absolute Gasteiger partial charge is 0.392 e. The molecule has 3 heteroatoms. The molecule has 1 N–H and O–H groups in total. The average Bonchev–Trinajstić information content (AvgIpc) is 2.49. The van der Waals surface area contributed by atoms with Crippen molar-refractivity contribution in [3.63, 3.8) is 0 Å². The van der Waals surface area contributed by atoms with Gasteiger partial charge in [0.05, 0.1) is 6.10 Å². The average molecular weight is 332 g/mol. The number of aliphatic hydroxyl groups excluding tert-OH is 1. The molecule has 1 aliphatic carbocycles. The molecule has 1 aromatic carbocycles. The van der Waals surface area contributed by atoms with Gasteiger partial charge in [-0.05, 0) is 55.0 Å². The van der Waals surface area contributed by atoms with Gasteiger partial charge in [0, 0.05) is 22.3 Å². The van der Waals surface area contributed by atoms with E-state index in [1.807, 2.05) is 24.4 Å². The summed E-state index contributed by atoms with van der Waals surface area (Å²) in [5.41, 5.74) is 3.57. The highest BCUT2D eigenvalue weighted by atomic mass is 79.9. The maximum atomic E-state index is 10.6. The summed E-state index contributed by atoms with van der Waals surface area (Å²) in [6.07, 6.45) is 5.43. The van der Waals surface area contributed by atoms with E-state index in [2.05, 4.69) is 39.1 Å². The molecule has 1 aromatic heterocycles. The molecule has 2 atom stereocenters. The van der Waals surface area contributed by atoms with E-state index in [1.54, 1.807) is 0 Å². The Morgan fingerprint density at radius 3 is 2.85 bits per heavy atom. The predicted octanol–water partition coefficient (Wildman–Crippen LogP) is 3.87. The Balaban J connectivity index is 1.78. The molecule has 1 heterocycles. The third-order valence-corrected chi connectivity index (χ3v) is 4.59. The van der Waals surface area contributed by atoms with Crippen LogP contribution in [0.15, 0.2) is 47.1 Å². The lowest BCUT2D eigenvalue weighted by molar-refractivity contribution is 0.132. The monoisotopic (exact) mass is 331 g/mol. The number of fused-ring (bicyclic) bond motifs is 1. The lowest BCUT2D eigenvalue weighted by Gasteiger charge is -2.28. The van der Waals surface area contributed by atoms with Gasteiger partial charge in [-0.1, -0.05) is 34.1 Å². The molecule has 2 unspecified atom stereocenters. The highest BCUT2D eigenvalue weighted by Crippen LogP contribution is 2.33. The third-order valence-electron chi connectivity index (χ3n) is 4.06. The summed E-state index contributed by atoms with van der Waals surface area (Å²) in [5.74, 6) is 0.170. The normalized spacial score (nSPS) is 19.4. The first-order valence-corrected chi connectivity index (χ1v) is 7.89. The van der Waals surface area contributed by atoms with Crippen molar-refractivity contribution in [3.8, 4) is 0 Å². The number of aromatic nitrogens is 1. The van der Waals surface area contributed by atoms with E-state index in [-0.39, 0.29) is 12.0 Å². The minimum atomic E-state index is -0.356. The van der Waals surface area contributed by atoms with Gasteiger partial charge in [0.25, 0.3) is 0 Å². The third kappa shape index (κ3) is 2.94. The molecule has 0 radical (unpaired) electrons. The fraction of sp³-hybridized carbons (Fsp3) is 0.353. The molecule has 104 valence electrons. The van der Waals surface area contributed by atoms with Crippen LogP contribution >= 0.6 is 15.9 Å². The number of aryl methyl sites for hydroxylation is 1. The Hall–Kier alpha value is -1.19. The van der Waals surface area contributed by atoms with Crippen molar-refractivity contribution in [2.24, 2.45) is 0 Å². The van der Waals surface area contributed by atoms with Gasteiger partial charge in [-0.15, -0.1) is 0 Å². The van der Waals surface area contributed by atoms with Gasteiger partial charge in [0.15, 0.2) is 0 Å². The zero-order valence-electron chi connectivity index (χ0n) is 11.3. The molecule has 1 aliphatic rings. The van der Waals surface area contributed by atoms with Gasteiger partial charge in [0.2, 0.25) is 0 Å². The number of benzene rings is 1. The summed E-state index contributed by atoms with van der Waals surface area (Å²) in [5, 5.41) is 10.6. The second kappa shape index (κ2) is 6.06. The first-order valence-electron chi connectivity index (χ1n) is 7.10. The molecule has 3 rings (SSSR count). The number of hydrogen-bond acceptors (Lipinski definition) is 2. The molecule has 0 amide bonds. The molecule has 0 bridgehead atoms. The van der Waals surface area contributed by atoms with Crippen molar-refractivity contribution < 1.29 is 5.11 Å². The lowest BCUT2D eigenvalue weighted by atomic mass is 9.81. The van der Waals surface area contributed by atoms with E-state index in [9.17, 15) is 5.11 Å². The minimum absolute atomic E-state index is 0.170. The first-order chi connectivity index (χ1) is 9.74. The highest BCUT2D eigenvalue weighted by Gasteiger charge is 2.27. The topological polar surface area (TPSA) is 33.1 Å². The van der Waals surface area contributed by atoms with Crippen molar-refractivity contribution in [2.75, 3.05) is 0 Å². The number of aliphatic hydroxyl groups is 1. The number of pyridine rings is 1. The molecule has 0 saturated carbocycles. The van der Waals surface area contributed by atoms with E-state index >= 15 is 0 Å². The Morgan fingerprint density at radius 2 is 2.05 bits per heavy atom. The zero-order chi connectivity index (χ0) is 13.9. The minimum Gasteiger partial charge on any atom is -0.392 e.